The van der Waals surface area contributed by atoms with Gasteiger partial charge in [0.05, 0.1) is 23.7 Å². The second-order valence-electron chi connectivity index (χ2n) is 6.04. The molecule has 2 N–H and O–H groups in total. The Balaban J connectivity index is 1.69. The molecule has 0 spiro atoms. The van der Waals surface area contributed by atoms with Crippen LogP contribution < -0.4 is 5.32 Å². The predicted octanol–water partition coefficient (Wildman–Crippen LogP) is 0.668. The van der Waals surface area contributed by atoms with E-state index < -0.39 is 15.8 Å². The Morgan fingerprint density at radius 3 is 2.52 bits per heavy atom. The summed E-state index contributed by atoms with van der Waals surface area (Å²) in [5, 5.41) is 11.7. The van der Waals surface area contributed by atoms with Crippen LogP contribution in [0.1, 0.15) is 32.1 Å². The van der Waals surface area contributed by atoms with Gasteiger partial charge in [0, 0.05) is 11.8 Å². The van der Waals surface area contributed by atoms with Gasteiger partial charge in [-0.2, -0.15) is 0 Å². The van der Waals surface area contributed by atoms with Crippen molar-refractivity contribution in [3.8, 4) is 0 Å². The number of carbonyl (C=O) groups excluding carboxylic acids is 1. The van der Waals surface area contributed by atoms with E-state index in [9.17, 15) is 18.0 Å². The molecule has 0 aromatic rings. The molecule has 2 aliphatic rings. The van der Waals surface area contributed by atoms with Gasteiger partial charge in [-0.3, -0.25) is 9.59 Å². The highest BCUT2D eigenvalue weighted by molar-refractivity contribution is 8.02. The zero-order chi connectivity index (χ0) is 15.5. The number of sulfone groups is 1. The van der Waals surface area contributed by atoms with Crippen LogP contribution in [0.4, 0.5) is 0 Å². The van der Waals surface area contributed by atoms with Gasteiger partial charge in [-0.05, 0) is 24.7 Å². The Morgan fingerprint density at radius 1 is 1.33 bits per heavy atom. The van der Waals surface area contributed by atoms with E-state index in [2.05, 4.69) is 5.32 Å². The van der Waals surface area contributed by atoms with Crippen molar-refractivity contribution in [1.82, 2.24) is 5.32 Å². The maximum Gasteiger partial charge on any atom is 0.303 e. The second-order valence-corrected chi connectivity index (χ2v) is 9.55. The van der Waals surface area contributed by atoms with E-state index in [0.29, 0.717) is 13.0 Å². The monoisotopic (exact) mass is 335 g/mol. The van der Waals surface area contributed by atoms with E-state index in [1.54, 1.807) is 0 Å². The minimum absolute atomic E-state index is 0.0115. The summed E-state index contributed by atoms with van der Waals surface area (Å²) in [6, 6.07) is 0. The Bertz CT molecular complexity index is 513. The van der Waals surface area contributed by atoms with Crippen LogP contribution in [0.5, 0.6) is 0 Å². The third kappa shape index (κ3) is 4.88. The Labute approximate surface area is 129 Å². The number of nitrogens with one attached hydrogen (secondary N) is 1. The molecule has 1 atom stereocenters. The van der Waals surface area contributed by atoms with Crippen LogP contribution in [-0.2, 0) is 19.4 Å². The Morgan fingerprint density at radius 2 is 2.05 bits per heavy atom. The summed E-state index contributed by atoms with van der Waals surface area (Å²) in [5.74, 6) is -0.346. The van der Waals surface area contributed by atoms with Crippen molar-refractivity contribution < 1.29 is 23.1 Å². The molecule has 1 aliphatic carbocycles. The highest BCUT2D eigenvalue weighted by atomic mass is 32.2. The molecule has 1 saturated heterocycles. The molecular weight excluding hydrogens is 314 g/mol. The van der Waals surface area contributed by atoms with Crippen molar-refractivity contribution in [3.05, 3.63) is 0 Å². The first-order valence-corrected chi connectivity index (χ1v) is 9.98. The van der Waals surface area contributed by atoms with Crippen LogP contribution in [0, 0.1) is 5.41 Å². The fourth-order valence-corrected chi connectivity index (χ4v) is 6.31. The van der Waals surface area contributed by atoms with E-state index >= 15 is 0 Å². The van der Waals surface area contributed by atoms with Crippen molar-refractivity contribution in [2.45, 2.75) is 37.4 Å². The summed E-state index contributed by atoms with van der Waals surface area (Å²) in [6.45, 7) is 0.404. The standard InChI is InChI=1S/C13H21NO5S2/c15-11(7-20-10-2-5-21(18,19)8-10)14-9-13(3-1-4-13)6-12(16)17/h10H,1-9H2,(H,14,15)(H,16,17). The van der Waals surface area contributed by atoms with Crippen molar-refractivity contribution in [2.24, 2.45) is 5.41 Å². The van der Waals surface area contributed by atoms with Gasteiger partial charge in [-0.25, -0.2) is 8.42 Å². The van der Waals surface area contributed by atoms with Gasteiger partial charge >= 0.3 is 5.97 Å². The SMILES string of the molecule is O=C(O)CC1(CNC(=O)CSC2CCS(=O)(=O)C2)CCC1. The van der Waals surface area contributed by atoms with E-state index in [1.807, 2.05) is 0 Å². The fourth-order valence-electron chi connectivity index (χ4n) is 2.84. The van der Waals surface area contributed by atoms with E-state index in [4.69, 9.17) is 5.11 Å². The van der Waals surface area contributed by atoms with Crippen molar-refractivity contribution in [2.75, 3.05) is 23.8 Å². The van der Waals surface area contributed by atoms with Crippen LogP contribution in [0.25, 0.3) is 0 Å². The number of thioether (sulfide) groups is 1. The largest absolute Gasteiger partial charge is 0.481 e. The number of carboxylic acids is 1. The first kappa shape index (κ1) is 16.6. The number of rotatable bonds is 7. The number of carbonyl (C=O) groups is 2. The lowest BCUT2D eigenvalue weighted by molar-refractivity contribution is -0.141. The third-order valence-electron chi connectivity index (χ3n) is 4.24. The molecule has 1 saturated carbocycles. The lowest BCUT2D eigenvalue weighted by Crippen LogP contribution is -2.44. The predicted molar refractivity (Wildman–Crippen MR) is 81.1 cm³/mol. The molecule has 1 heterocycles. The van der Waals surface area contributed by atoms with E-state index in [1.165, 1.54) is 11.8 Å². The number of amides is 1. The molecule has 0 aromatic carbocycles. The number of carboxylic acid groups (broad SMARTS) is 1. The van der Waals surface area contributed by atoms with Gasteiger partial charge < -0.3 is 10.4 Å². The average molecular weight is 335 g/mol. The van der Waals surface area contributed by atoms with Crippen LogP contribution in [0.2, 0.25) is 0 Å². The van der Waals surface area contributed by atoms with Crippen LogP contribution in [-0.4, -0.2) is 54.5 Å². The summed E-state index contributed by atoms with van der Waals surface area (Å²) >= 11 is 1.38. The molecule has 0 bridgehead atoms. The zero-order valence-corrected chi connectivity index (χ0v) is 13.5. The topological polar surface area (TPSA) is 101 Å². The molecule has 2 rings (SSSR count). The first-order chi connectivity index (χ1) is 9.80. The van der Waals surface area contributed by atoms with Gasteiger partial charge in [0.25, 0.3) is 0 Å². The molecule has 8 heteroatoms. The quantitative estimate of drug-likeness (QED) is 0.709. The van der Waals surface area contributed by atoms with Gasteiger partial charge in [0.15, 0.2) is 9.84 Å². The molecule has 1 amide bonds. The molecule has 1 aliphatic heterocycles. The second kappa shape index (κ2) is 6.56. The maximum atomic E-state index is 11.8. The highest BCUT2D eigenvalue weighted by Gasteiger charge is 2.39. The van der Waals surface area contributed by atoms with Crippen LogP contribution in [0.15, 0.2) is 0 Å². The smallest absolute Gasteiger partial charge is 0.303 e. The zero-order valence-electron chi connectivity index (χ0n) is 11.8. The normalized spacial score (nSPS) is 26.0. The molecular formula is C13H21NO5S2. The fraction of sp³-hybridized carbons (Fsp3) is 0.846. The van der Waals surface area contributed by atoms with E-state index in [-0.39, 0.29) is 40.3 Å². The van der Waals surface area contributed by atoms with Gasteiger partial charge in [0.2, 0.25) is 5.91 Å². The lowest BCUT2D eigenvalue weighted by atomic mass is 9.66. The first-order valence-electron chi connectivity index (χ1n) is 7.11. The summed E-state index contributed by atoms with van der Waals surface area (Å²) in [7, 11) is -2.90. The minimum Gasteiger partial charge on any atom is -0.481 e. The average Bonchev–Trinajstić information content (AvgIpc) is 2.69. The number of hydrogen-bond acceptors (Lipinski definition) is 5. The molecule has 0 aromatic heterocycles. The van der Waals surface area contributed by atoms with Gasteiger partial charge in [-0.1, -0.05) is 6.42 Å². The maximum absolute atomic E-state index is 11.8. The van der Waals surface area contributed by atoms with Crippen molar-refractivity contribution >= 4 is 33.5 Å². The Hall–Kier alpha value is -0.760. The van der Waals surface area contributed by atoms with Gasteiger partial charge in [-0.15, -0.1) is 11.8 Å². The molecule has 120 valence electrons. The molecule has 21 heavy (non-hydrogen) atoms. The lowest BCUT2D eigenvalue weighted by Gasteiger charge is -2.40. The van der Waals surface area contributed by atoms with E-state index in [0.717, 1.165) is 19.3 Å². The summed E-state index contributed by atoms with van der Waals surface area (Å²) < 4.78 is 22.6. The summed E-state index contributed by atoms with van der Waals surface area (Å²) in [6.07, 6.45) is 3.41. The molecule has 1 unspecified atom stereocenters. The molecule has 0 radical (unpaired) electrons. The molecule has 2 fully saturated rings. The van der Waals surface area contributed by atoms with Crippen LogP contribution in [0.3, 0.4) is 0 Å². The minimum atomic E-state index is -2.90. The number of hydrogen-bond donors (Lipinski definition) is 2. The van der Waals surface area contributed by atoms with Crippen LogP contribution >= 0.6 is 11.8 Å². The Kier molecular flexibility index (Phi) is 5.19. The summed E-state index contributed by atoms with van der Waals surface area (Å²) in [5.41, 5.74) is -0.275. The number of aliphatic carboxylic acids is 1. The highest BCUT2D eigenvalue weighted by Crippen LogP contribution is 2.43. The van der Waals surface area contributed by atoms with Gasteiger partial charge in [0.1, 0.15) is 0 Å². The molecule has 6 nitrogen and oxygen atoms in total. The third-order valence-corrected chi connectivity index (χ3v) is 7.52. The van der Waals surface area contributed by atoms with Crippen molar-refractivity contribution in [3.63, 3.8) is 0 Å². The summed E-state index contributed by atoms with van der Waals surface area (Å²) in [4.78, 5) is 22.6. The van der Waals surface area contributed by atoms with Crippen molar-refractivity contribution in [1.29, 1.82) is 0 Å².